The standard InChI is InChI=1S/C17H16FN5O2S/c18-13-5-3-12(4-6-13)17-21-20-16-8-7-14(11-23(16)17)22-26(24,25)15-2-1-9-19-10-15/h1-6,9-10,14,22H,7-8,11H2/t14-/m1/s1. The molecule has 4 rings (SSSR count). The van der Waals surface area contributed by atoms with E-state index in [0.29, 0.717) is 25.2 Å². The Morgan fingerprint density at radius 1 is 1.15 bits per heavy atom. The van der Waals surface area contributed by atoms with Crippen molar-refractivity contribution in [3.63, 3.8) is 0 Å². The molecule has 1 aromatic carbocycles. The van der Waals surface area contributed by atoms with Crippen LogP contribution in [-0.2, 0) is 23.0 Å². The van der Waals surface area contributed by atoms with Crippen molar-refractivity contribution >= 4 is 10.0 Å². The molecule has 0 fully saturated rings. The van der Waals surface area contributed by atoms with Crippen molar-refractivity contribution in [1.29, 1.82) is 0 Å². The average Bonchev–Trinajstić information content (AvgIpc) is 3.06. The third-order valence-electron chi connectivity index (χ3n) is 4.32. The quantitative estimate of drug-likeness (QED) is 0.753. The van der Waals surface area contributed by atoms with Gasteiger partial charge in [0.15, 0.2) is 5.82 Å². The fraction of sp³-hybridized carbons (Fsp3) is 0.235. The average molecular weight is 373 g/mol. The molecule has 2 aromatic heterocycles. The number of sulfonamides is 1. The molecule has 0 unspecified atom stereocenters. The number of halogens is 1. The monoisotopic (exact) mass is 373 g/mol. The van der Waals surface area contributed by atoms with Gasteiger partial charge < -0.3 is 4.57 Å². The molecule has 1 atom stereocenters. The van der Waals surface area contributed by atoms with Crippen LogP contribution < -0.4 is 4.72 Å². The molecule has 1 N–H and O–H groups in total. The number of benzene rings is 1. The van der Waals surface area contributed by atoms with Crippen LogP contribution in [0.3, 0.4) is 0 Å². The number of pyridine rings is 1. The van der Waals surface area contributed by atoms with Gasteiger partial charge in [-0.25, -0.2) is 17.5 Å². The summed E-state index contributed by atoms with van der Waals surface area (Å²) in [6.45, 7) is 0.411. The van der Waals surface area contributed by atoms with E-state index in [1.165, 1.54) is 30.6 Å². The molecule has 0 aliphatic carbocycles. The summed E-state index contributed by atoms with van der Waals surface area (Å²) in [4.78, 5) is 3.99. The molecular formula is C17H16FN5O2S. The minimum atomic E-state index is -3.64. The molecule has 3 aromatic rings. The molecule has 0 saturated carbocycles. The van der Waals surface area contributed by atoms with E-state index in [1.54, 1.807) is 18.2 Å². The molecule has 1 aliphatic rings. The molecule has 0 spiro atoms. The molecule has 134 valence electrons. The Morgan fingerprint density at radius 2 is 1.96 bits per heavy atom. The third-order valence-corrected chi connectivity index (χ3v) is 5.82. The smallest absolute Gasteiger partial charge is 0.242 e. The number of hydrogen-bond donors (Lipinski definition) is 1. The van der Waals surface area contributed by atoms with Crippen LogP contribution in [0.2, 0.25) is 0 Å². The molecule has 0 amide bonds. The Hall–Kier alpha value is -2.65. The van der Waals surface area contributed by atoms with Crippen molar-refractivity contribution in [3.05, 3.63) is 60.4 Å². The first-order valence-corrected chi connectivity index (χ1v) is 9.61. The van der Waals surface area contributed by atoms with E-state index in [1.807, 2.05) is 4.57 Å². The van der Waals surface area contributed by atoms with E-state index < -0.39 is 10.0 Å². The summed E-state index contributed by atoms with van der Waals surface area (Å²) in [7, 11) is -3.64. The Morgan fingerprint density at radius 3 is 2.69 bits per heavy atom. The highest BCUT2D eigenvalue weighted by atomic mass is 32.2. The highest BCUT2D eigenvalue weighted by Gasteiger charge is 2.27. The second kappa shape index (κ2) is 6.58. The lowest BCUT2D eigenvalue weighted by atomic mass is 10.1. The van der Waals surface area contributed by atoms with Crippen molar-refractivity contribution in [1.82, 2.24) is 24.5 Å². The molecule has 3 heterocycles. The van der Waals surface area contributed by atoms with E-state index in [2.05, 4.69) is 19.9 Å². The fourth-order valence-corrected chi connectivity index (χ4v) is 4.25. The largest absolute Gasteiger partial charge is 0.309 e. The van der Waals surface area contributed by atoms with Crippen molar-refractivity contribution in [2.24, 2.45) is 0 Å². The minimum absolute atomic E-state index is 0.133. The van der Waals surface area contributed by atoms with Crippen molar-refractivity contribution in [2.45, 2.75) is 30.3 Å². The van der Waals surface area contributed by atoms with Crippen LogP contribution in [0.1, 0.15) is 12.2 Å². The van der Waals surface area contributed by atoms with Gasteiger partial charge in [0, 0.05) is 37.0 Å². The van der Waals surface area contributed by atoms with Crippen LogP contribution in [0.25, 0.3) is 11.4 Å². The highest BCUT2D eigenvalue weighted by molar-refractivity contribution is 7.89. The van der Waals surface area contributed by atoms with Gasteiger partial charge in [0.25, 0.3) is 0 Å². The number of hydrogen-bond acceptors (Lipinski definition) is 5. The van der Waals surface area contributed by atoms with Gasteiger partial charge in [-0.15, -0.1) is 10.2 Å². The van der Waals surface area contributed by atoms with Crippen molar-refractivity contribution in [2.75, 3.05) is 0 Å². The summed E-state index contributed by atoms with van der Waals surface area (Å²) in [5.41, 5.74) is 0.737. The predicted octanol–water partition coefficient (Wildman–Crippen LogP) is 1.77. The summed E-state index contributed by atoms with van der Waals surface area (Å²) in [6.07, 6.45) is 4.08. The Bertz CT molecular complexity index is 1020. The summed E-state index contributed by atoms with van der Waals surface area (Å²) >= 11 is 0. The maximum atomic E-state index is 13.2. The van der Waals surface area contributed by atoms with Gasteiger partial charge in [-0.1, -0.05) is 0 Å². The van der Waals surface area contributed by atoms with E-state index in [0.717, 1.165) is 11.4 Å². The Labute approximate surface area is 150 Å². The minimum Gasteiger partial charge on any atom is -0.309 e. The summed E-state index contributed by atoms with van der Waals surface area (Å²) < 4.78 is 42.8. The topological polar surface area (TPSA) is 89.8 Å². The van der Waals surface area contributed by atoms with Crippen molar-refractivity contribution in [3.8, 4) is 11.4 Å². The van der Waals surface area contributed by atoms with Crippen LogP contribution in [0.4, 0.5) is 4.39 Å². The second-order valence-electron chi connectivity index (χ2n) is 6.10. The maximum absolute atomic E-state index is 13.2. The van der Waals surface area contributed by atoms with Crippen LogP contribution in [0, 0.1) is 5.82 Å². The zero-order chi connectivity index (χ0) is 18.1. The Balaban J connectivity index is 1.58. The van der Waals surface area contributed by atoms with Gasteiger partial charge in [-0.3, -0.25) is 4.98 Å². The first-order valence-electron chi connectivity index (χ1n) is 8.13. The molecule has 7 nitrogen and oxygen atoms in total. The maximum Gasteiger partial charge on any atom is 0.242 e. The fourth-order valence-electron chi connectivity index (χ4n) is 3.03. The normalized spacial score (nSPS) is 17.0. The summed E-state index contributed by atoms with van der Waals surface area (Å²) in [5.74, 6) is 1.07. The zero-order valence-corrected chi connectivity index (χ0v) is 14.5. The Kier molecular flexibility index (Phi) is 4.25. The van der Waals surface area contributed by atoms with Crippen LogP contribution in [0.5, 0.6) is 0 Å². The summed E-state index contributed by atoms with van der Waals surface area (Å²) in [6, 6.07) is 8.80. The molecule has 0 bridgehead atoms. The highest BCUT2D eigenvalue weighted by Crippen LogP contribution is 2.24. The second-order valence-corrected chi connectivity index (χ2v) is 7.82. The summed E-state index contributed by atoms with van der Waals surface area (Å²) in [5, 5.41) is 8.37. The van der Waals surface area contributed by atoms with E-state index in [-0.39, 0.29) is 16.8 Å². The lowest BCUT2D eigenvalue weighted by molar-refractivity contribution is 0.423. The van der Waals surface area contributed by atoms with Crippen molar-refractivity contribution < 1.29 is 12.8 Å². The van der Waals surface area contributed by atoms with Crippen LogP contribution in [0.15, 0.2) is 53.7 Å². The predicted molar refractivity (Wildman–Crippen MR) is 92.1 cm³/mol. The number of rotatable bonds is 4. The van der Waals surface area contributed by atoms with E-state index in [9.17, 15) is 12.8 Å². The molecule has 0 saturated heterocycles. The molecule has 0 radical (unpaired) electrons. The van der Waals surface area contributed by atoms with Gasteiger partial charge in [-0.05, 0) is 42.8 Å². The zero-order valence-electron chi connectivity index (χ0n) is 13.7. The lowest BCUT2D eigenvalue weighted by Gasteiger charge is -2.25. The number of aromatic nitrogens is 4. The van der Waals surface area contributed by atoms with Crippen LogP contribution >= 0.6 is 0 Å². The van der Waals surface area contributed by atoms with Crippen LogP contribution in [-0.4, -0.2) is 34.2 Å². The third kappa shape index (κ3) is 3.23. The SMILES string of the molecule is O=S(=O)(N[C@@H]1CCc2nnc(-c3ccc(F)cc3)n2C1)c1cccnc1. The van der Waals surface area contributed by atoms with Gasteiger partial charge in [0.1, 0.15) is 16.5 Å². The molecule has 9 heteroatoms. The van der Waals surface area contributed by atoms with Gasteiger partial charge in [-0.2, -0.15) is 0 Å². The molecular weight excluding hydrogens is 357 g/mol. The first kappa shape index (κ1) is 16.8. The van der Waals surface area contributed by atoms with E-state index >= 15 is 0 Å². The number of nitrogens with zero attached hydrogens (tertiary/aromatic N) is 4. The van der Waals surface area contributed by atoms with Gasteiger partial charge in [0.2, 0.25) is 10.0 Å². The molecule has 26 heavy (non-hydrogen) atoms. The van der Waals surface area contributed by atoms with Gasteiger partial charge in [0.05, 0.1) is 0 Å². The number of nitrogens with one attached hydrogen (secondary N) is 1. The molecule has 1 aliphatic heterocycles. The number of fused-ring (bicyclic) bond motifs is 1. The lowest BCUT2D eigenvalue weighted by Crippen LogP contribution is -2.41. The van der Waals surface area contributed by atoms with Gasteiger partial charge >= 0.3 is 0 Å². The van der Waals surface area contributed by atoms with E-state index in [4.69, 9.17) is 0 Å². The number of aryl methyl sites for hydroxylation is 1. The first-order chi connectivity index (χ1) is 12.5.